The van der Waals surface area contributed by atoms with E-state index in [1.165, 1.54) is 140 Å². The van der Waals surface area contributed by atoms with Crippen molar-refractivity contribution in [2.75, 3.05) is 92.2 Å². The molecule has 0 heterocycles. The van der Waals surface area contributed by atoms with Gasteiger partial charge in [0.15, 0.2) is 0 Å². The molecule has 0 aromatic heterocycles. The first-order chi connectivity index (χ1) is 41.7. The van der Waals surface area contributed by atoms with Crippen molar-refractivity contribution in [2.24, 2.45) is 0 Å². The van der Waals surface area contributed by atoms with Gasteiger partial charge in [-0.05, 0) is 137 Å². The summed E-state index contributed by atoms with van der Waals surface area (Å²) < 4.78 is 22.3. The minimum absolute atomic E-state index is 0. The molecule has 0 aromatic carbocycles. The highest BCUT2D eigenvalue weighted by atomic mass is 35.5. The molecule has 0 saturated carbocycles. The van der Waals surface area contributed by atoms with Crippen LogP contribution in [-0.2, 0) is 38.1 Å². The third-order valence-corrected chi connectivity index (χ3v) is 15.9. The van der Waals surface area contributed by atoms with Crippen LogP contribution in [0, 0.1) is 0 Å². The van der Waals surface area contributed by atoms with Crippen LogP contribution in [0.1, 0.15) is 298 Å². The molecule has 0 fully saturated rings. The Kier molecular flexibility index (Phi) is 77.9. The third-order valence-electron chi connectivity index (χ3n) is 14.8. The van der Waals surface area contributed by atoms with Crippen LogP contribution in [-0.4, -0.2) is 148 Å². The molecule has 87 heavy (non-hydrogen) atoms. The summed E-state index contributed by atoms with van der Waals surface area (Å²) in [4.78, 5) is 68.0. The fourth-order valence-electron chi connectivity index (χ4n) is 9.27. The first kappa shape index (κ1) is 91.1. The Morgan fingerprint density at radius 2 is 0.805 bits per heavy atom. The van der Waals surface area contributed by atoms with Gasteiger partial charge in [0.2, 0.25) is 0 Å². The van der Waals surface area contributed by atoms with Crippen molar-refractivity contribution in [3.63, 3.8) is 0 Å². The zero-order valence-electron chi connectivity index (χ0n) is 58.1. The molecule has 0 aliphatic heterocycles. The van der Waals surface area contributed by atoms with Crippen molar-refractivity contribution in [2.45, 2.75) is 311 Å². The number of nitrogens with zero attached hydrogens (tertiary/aromatic N) is 3. The molecule has 0 radical (unpaired) electrons. The molecule has 516 valence electrons. The van der Waals surface area contributed by atoms with Crippen molar-refractivity contribution >= 4 is 65.9 Å². The number of thioether (sulfide) groups is 1. The maximum Gasteiger partial charge on any atom is 0.307 e. The number of thiol groups is 1. The van der Waals surface area contributed by atoms with Gasteiger partial charge in [-0.3, -0.25) is 24.0 Å². The number of ether oxygens (including phenoxy) is 4. The van der Waals surface area contributed by atoms with E-state index in [1.807, 2.05) is 40.3 Å². The number of rotatable bonds is 59. The standard InChI is InChI=1S/C36H68N2O5S.C31H59NO4.C4H11NS.ClH/c1-6-9-12-15-16-17-23-31-42-34(39)26-21-18-22-28-38(36(41)44-32-30-37(4)5)29-27-35(40)43-33(24-19-13-10-7-2)25-20-14-11-8-3;1-4-7-10-13-14-15-21-28-35-30(33)24-19-16-20-26-32-27-25-31(34)36-29(22-17-11-8-5-2)23-18-12-9-6-3;1-5(2)3-4-6;/h17,23,33H,6-16,18-22,24-32H2,1-5H3;15,21,29,32H,4-14,16-20,22-28H2,1-3H3;6H,3-4H2,1-2H3;1H/b23-17-;21-15-;;. The predicted molar refractivity (Wildman–Crippen MR) is 379 cm³/mol. The van der Waals surface area contributed by atoms with E-state index in [0.29, 0.717) is 57.9 Å². The highest BCUT2D eigenvalue weighted by Crippen LogP contribution is 2.19. The number of nitrogens with one attached hydrogen (secondary N) is 1. The molecule has 13 nitrogen and oxygen atoms in total. The second-order valence-corrected chi connectivity index (χ2v) is 25.4. The average molecular weight is 1290 g/mol. The first-order valence-corrected chi connectivity index (χ1v) is 36.9. The molecule has 0 bridgehead atoms. The van der Waals surface area contributed by atoms with Crippen molar-refractivity contribution in [3.05, 3.63) is 24.3 Å². The van der Waals surface area contributed by atoms with Gasteiger partial charge in [0.25, 0.3) is 5.24 Å². The van der Waals surface area contributed by atoms with Gasteiger partial charge in [-0.25, -0.2) is 0 Å². The maximum atomic E-state index is 13.0. The van der Waals surface area contributed by atoms with Gasteiger partial charge in [0.1, 0.15) is 25.4 Å². The molecule has 0 unspecified atom stereocenters. The SMILES string of the molecule is CCCCCC/C=C\COC(=O)CCCCCN(CCC(=O)OC(CCCCCC)CCCCCC)C(=O)SCCN(C)C.CCCCCC/C=C\COC(=O)CCCCCNCCC(=O)OC(CCCCCC)CCCCCC.CN(C)CCS.Cl. The van der Waals surface area contributed by atoms with Crippen LogP contribution in [0.4, 0.5) is 4.79 Å². The number of carbonyl (C=O) groups excluding carboxylic acids is 5. The number of carbonyl (C=O) groups is 5. The largest absolute Gasteiger partial charge is 0.462 e. The summed E-state index contributed by atoms with van der Waals surface area (Å²) in [6, 6.07) is 0. The number of amides is 1. The molecular weight excluding hydrogens is 1150 g/mol. The summed E-state index contributed by atoms with van der Waals surface area (Å²) in [7, 11) is 8.07. The first-order valence-electron chi connectivity index (χ1n) is 35.3. The number of esters is 4. The topological polar surface area (TPSA) is 144 Å². The summed E-state index contributed by atoms with van der Waals surface area (Å²) in [5.41, 5.74) is 0. The lowest BCUT2D eigenvalue weighted by Crippen LogP contribution is -2.32. The minimum atomic E-state index is -0.199. The number of unbranched alkanes of at least 4 members (excludes halogenated alkanes) is 24. The van der Waals surface area contributed by atoms with Crippen LogP contribution < -0.4 is 5.32 Å². The fourth-order valence-corrected chi connectivity index (χ4v) is 10.7. The van der Waals surface area contributed by atoms with Crippen LogP contribution in [0.25, 0.3) is 0 Å². The third kappa shape index (κ3) is 74.3. The molecule has 16 heteroatoms. The van der Waals surface area contributed by atoms with Crippen LogP contribution in [0.2, 0.25) is 0 Å². The van der Waals surface area contributed by atoms with Crippen LogP contribution in [0.15, 0.2) is 24.3 Å². The monoisotopic (exact) mass is 1290 g/mol. The van der Waals surface area contributed by atoms with Crippen molar-refractivity contribution in [1.29, 1.82) is 0 Å². The van der Waals surface area contributed by atoms with Crippen LogP contribution in [0.3, 0.4) is 0 Å². The van der Waals surface area contributed by atoms with Crippen LogP contribution >= 0.6 is 36.8 Å². The molecule has 0 aliphatic carbocycles. The van der Waals surface area contributed by atoms with Gasteiger partial charge in [-0.1, -0.05) is 206 Å². The summed E-state index contributed by atoms with van der Waals surface area (Å²) in [5, 5.41) is 3.35. The Morgan fingerprint density at radius 1 is 0.414 bits per heavy atom. The van der Waals surface area contributed by atoms with Crippen LogP contribution in [0.5, 0.6) is 0 Å². The number of hydrogen-bond acceptors (Lipinski definition) is 14. The number of hydrogen-bond donors (Lipinski definition) is 2. The second-order valence-electron chi connectivity index (χ2n) is 23.9. The van der Waals surface area contributed by atoms with Gasteiger partial charge in [-0.2, -0.15) is 12.6 Å². The zero-order valence-corrected chi connectivity index (χ0v) is 60.6. The van der Waals surface area contributed by atoms with E-state index in [9.17, 15) is 24.0 Å². The van der Waals surface area contributed by atoms with Crippen molar-refractivity contribution < 1.29 is 42.9 Å². The quantitative estimate of drug-likeness (QED) is 0.0196. The molecule has 0 atom stereocenters. The summed E-state index contributed by atoms with van der Waals surface area (Å²) >= 11 is 5.33. The van der Waals surface area contributed by atoms with Crippen molar-refractivity contribution in [3.8, 4) is 0 Å². The number of allylic oxidation sites excluding steroid dienone is 2. The Labute approximate surface area is 552 Å². The molecular formula is C71H139ClN4O9S2. The van der Waals surface area contributed by atoms with E-state index >= 15 is 0 Å². The summed E-state index contributed by atoms with van der Waals surface area (Å²) in [6.07, 6.45) is 50.0. The van der Waals surface area contributed by atoms with E-state index in [-0.39, 0.29) is 60.2 Å². The normalized spacial score (nSPS) is 11.3. The van der Waals surface area contributed by atoms with Gasteiger partial charge in [0.05, 0.1) is 12.8 Å². The molecule has 0 saturated heterocycles. The highest BCUT2D eigenvalue weighted by molar-refractivity contribution is 8.13. The number of halogens is 1. The minimum Gasteiger partial charge on any atom is -0.462 e. The lowest BCUT2D eigenvalue weighted by atomic mass is 10.0. The lowest BCUT2D eigenvalue weighted by molar-refractivity contribution is -0.151. The summed E-state index contributed by atoms with van der Waals surface area (Å²) in [5.74, 6) is 1.11. The van der Waals surface area contributed by atoms with E-state index in [1.54, 1.807) is 4.90 Å². The van der Waals surface area contributed by atoms with Gasteiger partial charge in [-0.15, -0.1) is 12.4 Å². The molecule has 0 spiro atoms. The Hall–Kier alpha value is -2.30. The maximum absolute atomic E-state index is 13.0. The van der Waals surface area contributed by atoms with Gasteiger partial charge < -0.3 is 39.0 Å². The van der Waals surface area contributed by atoms with E-state index in [4.69, 9.17) is 18.9 Å². The summed E-state index contributed by atoms with van der Waals surface area (Å²) in [6.45, 7) is 18.4. The van der Waals surface area contributed by atoms with E-state index in [2.05, 4.69) is 81.4 Å². The highest BCUT2D eigenvalue weighted by Gasteiger charge is 2.20. The molecule has 1 amide bonds. The van der Waals surface area contributed by atoms with Crippen molar-refractivity contribution in [1.82, 2.24) is 20.0 Å². The molecule has 0 rings (SSSR count). The zero-order chi connectivity index (χ0) is 64.2. The van der Waals surface area contributed by atoms with E-state index < -0.39 is 0 Å². The van der Waals surface area contributed by atoms with Gasteiger partial charge in [0, 0.05) is 57.1 Å². The second kappa shape index (κ2) is 74.4. The predicted octanol–water partition coefficient (Wildman–Crippen LogP) is 18.9. The molecule has 1 N–H and O–H groups in total. The molecule has 0 aliphatic rings. The van der Waals surface area contributed by atoms with E-state index in [0.717, 1.165) is 128 Å². The fraction of sp³-hybridized carbons (Fsp3) is 0.873. The molecule has 0 aromatic rings. The van der Waals surface area contributed by atoms with Gasteiger partial charge >= 0.3 is 23.9 Å². The lowest BCUT2D eigenvalue weighted by Gasteiger charge is -2.23. The Bertz CT molecular complexity index is 1540. The smallest absolute Gasteiger partial charge is 0.307 e. The Morgan fingerprint density at radius 3 is 1.20 bits per heavy atom. The Balaban J connectivity index is -0.000000725. The average Bonchev–Trinajstić information content (AvgIpc) is 3.56.